The summed E-state index contributed by atoms with van der Waals surface area (Å²) < 4.78 is 39.7. The Morgan fingerprint density at radius 3 is 0.523 bits per heavy atom. The average molecular weight is 1810 g/mol. The topological polar surface area (TPSA) is 280 Å². The van der Waals surface area contributed by atoms with E-state index in [1.54, 1.807) is 28.2 Å². The fourth-order valence-electron chi connectivity index (χ4n) is 15.9. The molecule has 9 N–H and O–H groups in total. The van der Waals surface area contributed by atoms with Gasteiger partial charge in [-0.25, -0.2) is 0 Å². The molecule has 0 saturated carbocycles. The third-order valence-electron chi connectivity index (χ3n) is 23.9. The first-order valence-electron chi connectivity index (χ1n) is 53.1. The van der Waals surface area contributed by atoms with Crippen LogP contribution in [0.4, 0.5) is 70.6 Å². The monoisotopic (exact) mass is 1810 g/mol. The summed E-state index contributed by atoms with van der Waals surface area (Å²) >= 11 is 0. The van der Waals surface area contributed by atoms with Crippen molar-refractivity contribution >= 4 is 70.6 Å². The Labute approximate surface area is 790 Å². The summed E-state index contributed by atoms with van der Waals surface area (Å²) in [6, 6.07) is 18.4. The van der Waals surface area contributed by atoms with Crippen LogP contribution in [-0.4, -0.2) is 126 Å². The van der Waals surface area contributed by atoms with Gasteiger partial charge in [0.05, 0.1) is 39.6 Å². The van der Waals surface area contributed by atoms with Crippen molar-refractivity contribution in [2.75, 3.05) is 129 Å². The fourth-order valence-corrected chi connectivity index (χ4v) is 15.9. The summed E-state index contributed by atoms with van der Waals surface area (Å²) in [4.78, 5) is 40.6. The number of hydrogen-bond acceptors (Lipinski definition) is 24. The van der Waals surface area contributed by atoms with E-state index in [1.165, 1.54) is 327 Å². The summed E-state index contributed by atoms with van der Waals surface area (Å²) in [5, 5.41) is 28.7. The molecule has 6 aromatic rings. The number of anilines is 12. The minimum atomic E-state index is 0.373. The number of nitrogens with zero attached hydrogens (tertiary/aromatic N) is 9. The van der Waals surface area contributed by atoms with Crippen molar-refractivity contribution in [1.29, 1.82) is 0 Å². The fraction of sp³-hybridized carbons (Fsp3) is 0.745. The van der Waals surface area contributed by atoms with Crippen molar-refractivity contribution in [3.63, 3.8) is 0 Å². The minimum Gasteiger partial charge on any atom is -0.490 e. The van der Waals surface area contributed by atoms with E-state index in [-0.39, 0.29) is 0 Å². The summed E-state index contributed by atoms with van der Waals surface area (Å²) in [6.45, 7) is 19.0. The van der Waals surface area contributed by atoms with E-state index in [0.29, 0.717) is 106 Å². The zero-order chi connectivity index (χ0) is 92.5. The van der Waals surface area contributed by atoms with Gasteiger partial charge in [0.15, 0.2) is 34.5 Å². The standard InChI is InChI=1S/C93H162N6O6.C13H24N12/c1-7-13-19-25-31-37-43-49-55-61-73-100-85-70-67-82(79-88(85)103-76-64-58-52-46-40-34-28-22-16-10-4)94-91-97-92(95-83-68-71-86(101-74-62-56-50-44-38-32-26-20-14-8-2)89(80-83)104-77-65-59-53-47-41-35-29-23-17-11-5)99-93(98-91)96-84-69-72-87(102-75-63-57-51-45-39-33-27-21-15-9-3)90(81-84)105-78-66-60-54-48-42-36-30-24-18-12-6;1-14-8-20-9(15-2)23-12(22-8)18-6-5-7-19-13-24-10(16-3)21-11(17-4)25-13/h67-72,79-81H,7-66,73-78H2,1-6H3,(H3,94,95,96,97,98,99);5-7H2,1-4H3,(H3,14,15,18,20,22,23)(H3,16,17,19,21,24,25). The molecule has 0 amide bonds. The predicted molar refractivity (Wildman–Crippen MR) is 552 cm³/mol. The van der Waals surface area contributed by atoms with E-state index in [0.717, 1.165) is 116 Å². The molecule has 0 spiro atoms. The van der Waals surface area contributed by atoms with E-state index in [2.05, 4.69) is 119 Å². The van der Waals surface area contributed by atoms with Gasteiger partial charge >= 0.3 is 0 Å². The molecule has 130 heavy (non-hydrogen) atoms. The number of unbranched alkanes of at least 4 members (excludes halogenated alkanes) is 54. The lowest BCUT2D eigenvalue weighted by Crippen LogP contribution is -2.15. The molecule has 0 aliphatic rings. The number of hydrogen-bond donors (Lipinski definition) is 9. The van der Waals surface area contributed by atoms with Crippen LogP contribution in [0.15, 0.2) is 54.6 Å². The van der Waals surface area contributed by atoms with Crippen molar-refractivity contribution in [3.05, 3.63) is 54.6 Å². The van der Waals surface area contributed by atoms with Gasteiger partial charge in [-0.05, 0) is 81.3 Å². The van der Waals surface area contributed by atoms with E-state index in [4.69, 9.17) is 43.4 Å². The third-order valence-corrected chi connectivity index (χ3v) is 23.9. The molecule has 736 valence electrons. The third kappa shape index (κ3) is 56.5. The summed E-state index contributed by atoms with van der Waals surface area (Å²) in [6.07, 6.45) is 77.6. The lowest BCUT2D eigenvalue weighted by Gasteiger charge is -2.17. The quantitative estimate of drug-likeness (QED) is 0.0160. The van der Waals surface area contributed by atoms with Crippen molar-refractivity contribution in [2.45, 2.75) is 433 Å². The molecule has 0 aliphatic heterocycles. The van der Waals surface area contributed by atoms with Gasteiger partial charge in [-0.3, -0.25) is 0 Å². The molecule has 0 saturated heterocycles. The molecule has 0 aliphatic carbocycles. The van der Waals surface area contributed by atoms with Gasteiger partial charge in [0.2, 0.25) is 53.5 Å². The van der Waals surface area contributed by atoms with Crippen LogP contribution in [0, 0.1) is 0 Å². The Kier molecular flexibility index (Phi) is 68.4. The highest BCUT2D eigenvalue weighted by molar-refractivity contribution is 5.66. The molecule has 3 aromatic carbocycles. The van der Waals surface area contributed by atoms with Gasteiger partial charge in [0, 0.05) is 76.5 Å². The Morgan fingerprint density at radius 1 is 0.177 bits per heavy atom. The van der Waals surface area contributed by atoms with Crippen LogP contribution in [0.5, 0.6) is 34.5 Å². The molecular weight excluding hydrogens is 1620 g/mol. The second kappa shape index (κ2) is 79.3. The molecule has 3 aromatic heterocycles. The normalized spacial score (nSPS) is 11.1. The second-order valence-electron chi connectivity index (χ2n) is 35.7. The Hall–Kier alpha value is -8.31. The zero-order valence-corrected chi connectivity index (χ0v) is 84.0. The van der Waals surface area contributed by atoms with Crippen LogP contribution in [0.3, 0.4) is 0 Å². The number of aromatic nitrogens is 9. The van der Waals surface area contributed by atoms with Crippen LogP contribution >= 0.6 is 0 Å². The maximum atomic E-state index is 6.67. The highest BCUT2D eigenvalue weighted by Crippen LogP contribution is 2.37. The Morgan fingerprint density at radius 2 is 0.338 bits per heavy atom. The van der Waals surface area contributed by atoms with Crippen LogP contribution in [0.25, 0.3) is 0 Å². The lowest BCUT2D eigenvalue weighted by molar-refractivity contribution is 0.258. The summed E-state index contributed by atoms with van der Waals surface area (Å²) in [7, 11) is 7.04. The Balaban J connectivity index is 0.00000102. The first kappa shape index (κ1) is 112. The number of ether oxygens (including phenoxy) is 6. The van der Waals surface area contributed by atoms with Crippen LogP contribution in [0.1, 0.15) is 433 Å². The molecule has 0 radical (unpaired) electrons. The smallest absolute Gasteiger partial charge is 0.233 e. The number of nitrogens with one attached hydrogen (secondary N) is 9. The van der Waals surface area contributed by atoms with Gasteiger partial charge in [-0.15, -0.1) is 0 Å². The zero-order valence-electron chi connectivity index (χ0n) is 84.0. The average Bonchev–Trinajstić information content (AvgIpc) is 0.816. The Bertz CT molecular complexity index is 3270. The summed E-state index contributed by atoms with van der Waals surface area (Å²) in [5.41, 5.74) is 2.38. The number of benzene rings is 3. The van der Waals surface area contributed by atoms with Gasteiger partial charge < -0.3 is 76.3 Å². The summed E-state index contributed by atoms with van der Waals surface area (Å²) in [5.74, 6) is 8.67. The molecule has 0 bridgehead atoms. The van der Waals surface area contributed by atoms with Crippen molar-refractivity contribution in [3.8, 4) is 34.5 Å². The second-order valence-corrected chi connectivity index (χ2v) is 35.7. The van der Waals surface area contributed by atoms with Gasteiger partial charge in [-0.2, -0.15) is 44.9 Å². The minimum absolute atomic E-state index is 0.373. The molecule has 6 rings (SSSR count). The highest BCUT2D eigenvalue weighted by Gasteiger charge is 2.18. The highest BCUT2D eigenvalue weighted by atomic mass is 16.5. The van der Waals surface area contributed by atoms with Crippen LogP contribution in [-0.2, 0) is 0 Å². The van der Waals surface area contributed by atoms with E-state index in [9.17, 15) is 0 Å². The van der Waals surface area contributed by atoms with E-state index < -0.39 is 0 Å². The van der Waals surface area contributed by atoms with Crippen molar-refractivity contribution in [2.24, 2.45) is 0 Å². The van der Waals surface area contributed by atoms with Crippen LogP contribution < -0.4 is 76.3 Å². The molecule has 3 heterocycles. The maximum Gasteiger partial charge on any atom is 0.233 e. The maximum absolute atomic E-state index is 6.67. The largest absolute Gasteiger partial charge is 0.490 e. The molecular formula is C106H186N18O6. The van der Waals surface area contributed by atoms with E-state index >= 15 is 0 Å². The van der Waals surface area contributed by atoms with Gasteiger partial charge in [0.1, 0.15) is 0 Å². The first-order valence-corrected chi connectivity index (χ1v) is 53.1. The SMILES string of the molecule is CCCCCCCCCCCCOc1ccc(Nc2nc(Nc3ccc(OCCCCCCCCCCCC)c(OCCCCCCCCCCCC)c3)nc(Nc3ccc(OCCCCCCCCCCCC)c(OCCCCCCCCCCCC)c3)n2)cc1OCCCCCCCCCCCC.CNc1nc(NC)nc(NCCCNc2nc(NC)nc(NC)n2)n1. The van der Waals surface area contributed by atoms with Crippen molar-refractivity contribution < 1.29 is 28.4 Å². The van der Waals surface area contributed by atoms with Crippen molar-refractivity contribution in [1.82, 2.24) is 44.9 Å². The molecule has 0 unspecified atom stereocenters. The molecule has 24 heteroatoms. The molecule has 0 atom stereocenters. The van der Waals surface area contributed by atoms with Gasteiger partial charge in [-0.1, -0.05) is 388 Å². The lowest BCUT2D eigenvalue weighted by atomic mass is 10.1. The predicted octanol–water partition coefficient (Wildman–Crippen LogP) is 31.0. The van der Waals surface area contributed by atoms with E-state index in [1.807, 2.05) is 54.6 Å². The molecule has 0 fully saturated rings. The molecule has 24 nitrogen and oxygen atoms in total. The van der Waals surface area contributed by atoms with Crippen LogP contribution in [0.2, 0.25) is 0 Å². The number of rotatable bonds is 88. The first-order chi connectivity index (χ1) is 64.2. The van der Waals surface area contributed by atoms with Gasteiger partial charge in [0.25, 0.3) is 0 Å².